The topological polar surface area (TPSA) is 63.6 Å². The van der Waals surface area contributed by atoms with E-state index in [4.69, 9.17) is 4.74 Å². The maximum Gasteiger partial charge on any atom is 0.338 e. The number of thiophene rings is 1. The number of carbonyl (C=O) groups is 2. The van der Waals surface area contributed by atoms with Gasteiger partial charge in [-0.3, -0.25) is 4.79 Å². The molecule has 0 bridgehead atoms. The summed E-state index contributed by atoms with van der Waals surface area (Å²) in [7, 11) is 0. The van der Waals surface area contributed by atoms with Gasteiger partial charge >= 0.3 is 5.97 Å². The number of benzene rings is 1. The average Bonchev–Trinajstić information content (AvgIpc) is 2.96. The molecule has 2 rings (SSSR count). The standard InChI is InChI=1S/C16H16O4S/c1-3-12-6-7-15(21-12)14(18)9-20-16(19)11-5-4-10(2)13(17)8-11/h4-8,17H,3,9H2,1-2H3. The highest BCUT2D eigenvalue weighted by Crippen LogP contribution is 2.19. The van der Waals surface area contributed by atoms with Crippen molar-refractivity contribution in [1.29, 1.82) is 0 Å². The van der Waals surface area contributed by atoms with E-state index in [9.17, 15) is 14.7 Å². The summed E-state index contributed by atoms with van der Waals surface area (Å²) in [6.45, 7) is 3.46. The molecule has 0 aliphatic rings. The van der Waals surface area contributed by atoms with E-state index in [1.807, 2.05) is 13.0 Å². The number of hydrogen-bond acceptors (Lipinski definition) is 5. The number of ether oxygens (including phenoxy) is 1. The number of ketones is 1. The van der Waals surface area contributed by atoms with Gasteiger partial charge in [0.15, 0.2) is 6.61 Å². The number of phenols is 1. The molecule has 5 heteroatoms. The number of rotatable bonds is 5. The maximum absolute atomic E-state index is 11.9. The van der Waals surface area contributed by atoms with Crippen molar-refractivity contribution in [3.63, 3.8) is 0 Å². The normalized spacial score (nSPS) is 10.4. The summed E-state index contributed by atoms with van der Waals surface area (Å²) in [6, 6.07) is 8.17. The Morgan fingerprint density at radius 3 is 2.62 bits per heavy atom. The molecule has 1 heterocycles. The Morgan fingerprint density at radius 1 is 1.24 bits per heavy atom. The van der Waals surface area contributed by atoms with Crippen LogP contribution in [-0.2, 0) is 11.2 Å². The summed E-state index contributed by atoms with van der Waals surface area (Å²) in [5, 5.41) is 9.56. The van der Waals surface area contributed by atoms with Crippen LogP contribution in [0.2, 0.25) is 0 Å². The lowest BCUT2D eigenvalue weighted by atomic mass is 10.1. The lowest BCUT2D eigenvalue weighted by Crippen LogP contribution is -2.13. The molecule has 110 valence electrons. The van der Waals surface area contributed by atoms with Crippen LogP contribution < -0.4 is 0 Å². The van der Waals surface area contributed by atoms with E-state index in [0.717, 1.165) is 11.3 Å². The fourth-order valence-corrected chi connectivity index (χ4v) is 2.61. The molecular weight excluding hydrogens is 288 g/mol. The van der Waals surface area contributed by atoms with Gasteiger partial charge in [-0.05, 0) is 43.2 Å². The second kappa shape index (κ2) is 6.54. The smallest absolute Gasteiger partial charge is 0.338 e. The van der Waals surface area contributed by atoms with Gasteiger partial charge in [0.05, 0.1) is 10.4 Å². The molecule has 0 saturated heterocycles. The van der Waals surface area contributed by atoms with Crippen LogP contribution in [0.4, 0.5) is 0 Å². The number of phenolic OH excluding ortho intramolecular Hbond substituents is 1. The molecule has 0 unspecified atom stereocenters. The summed E-state index contributed by atoms with van der Waals surface area (Å²) in [5.41, 5.74) is 0.902. The van der Waals surface area contributed by atoms with Crippen molar-refractivity contribution < 1.29 is 19.4 Å². The molecule has 0 radical (unpaired) electrons. The first-order valence-corrected chi connectivity index (χ1v) is 7.41. The van der Waals surface area contributed by atoms with Crippen molar-refractivity contribution in [2.45, 2.75) is 20.3 Å². The minimum Gasteiger partial charge on any atom is -0.508 e. The first-order chi connectivity index (χ1) is 10.0. The van der Waals surface area contributed by atoms with Crippen LogP contribution in [0.1, 0.15) is 37.4 Å². The van der Waals surface area contributed by atoms with Crippen LogP contribution in [0.5, 0.6) is 5.75 Å². The summed E-state index contributed by atoms with van der Waals surface area (Å²) >= 11 is 1.41. The van der Waals surface area contributed by atoms with Crippen molar-refractivity contribution in [2.75, 3.05) is 6.61 Å². The van der Waals surface area contributed by atoms with Gasteiger partial charge in [-0.15, -0.1) is 11.3 Å². The SMILES string of the molecule is CCc1ccc(C(=O)COC(=O)c2ccc(C)c(O)c2)s1. The predicted octanol–water partition coefficient (Wildman–Crippen LogP) is 3.36. The van der Waals surface area contributed by atoms with Gasteiger partial charge in [0.25, 0.3) is 0 Å². The van der Waals surface area contributed by atoms with Gasteiger partial charge < -0.3 is 9.84 Å². The van der Waals surface area contributed by atoms with Gasteiger partial charge in [-0.2, -0.15) is 0 Å². The molecule has 1 aromatic carbocycles. The lowest BCUT2D eigenvalue weighted by molar-refractivity contribution is 0.0475. The molecule has 0 fully saturated rings. The van der Waals surface area contributed by atoms with E-state index in [1.165, 1.54) is 17.4 Å². The van der Waals surface area contributed by atoms with E-state index in [1.54, 1.807) is 25.1 Å². The predicted molar refractivity (Wildman–Crippen MR) is 81.2 cm³/mol. The van der Waals surface area contributed by atoms with Crippen LogP contribution in [-0.4, -0.2) is 23.5 Å². The van der Waals surface area contributed by atoms with Crippen LogP contribution in [0.15, 0.2) is 30.3 Å². The zero-order valence-corrected chi connectivity index (χ0v) is 12.7. The molecule has 1 aromatic heterocycles. The number of Topliss-reactive ketones (excluding diaryl/α,β-unsaturated/α-hetero) is 1. The zero-order chi connectivity index (χ0) is 15.4. The minimum atomic E-state index is -0.620. The number of aromatic hydroxyl groups is 1. The highest BCUT2D eigenvalue weighted by molar-refractivity contribution is 7.14. The maximum atomic E-state index is 11.9. The largest absolute Gasteiger partial charge is 0.508 e. The number of esters is 1. The molecule has 0 aliphatic heterocycles. The Morgan fingerprint density at radius 2 is 2.00 bits per heavy atom. The van der Waals surface area contributed by atoms with Crippen molar-refractivity contribution in [1.82, 2.24) is 0 Å². The van der Waals surface area contributed by atoms with Gasteiger partial charge in [0, 0.05) is 4.88 Å². The Labute approximate surface area is 127 Å². The van der Waals surface area contributed by atoms with E-state index in [2.05, 4.69) is 0 Å². The molecule has 2 aromatic rings. The Balaban J connectivity index is 1.97. The van der Waals surface area contributed by atoms with Gasteiger partial charge in [-0.1, -0.05) is 13.0 Å². The molecule has 0 atom stereocenters. The number of carbonyl (C=O) groups excluding carboxylic acids is 2. The molecule has 1 N–H and O–H groups in total. The minimum absolute atomic E-state index is 0.0293. The van der Waals surface area contributed by atoms with Crippen LogP contribution in [0.3, 0.4) is 0 Å². The molecule has 0 spiro atoms. The van der Waals surface area contributed by atoms with Crippen LogP contribution in [0.25, 0.3) is 0 Å². The molecule has 0 amide bonds. The van der Waals surface area contributed by atoms with E-state index >= 15 is 0 Å². The van der Waals surface area contributed by atoms with Crippen LogP contribution in [0, 0.1) is 6.92 Å². The van der Waals surface area contributed by atoms with Crippen molar-refractivity contribution in [2.24, 2.45) is 0 Å². The molecule has 21 heavy (non-hydrogen) atoms. The van der Waals surface area contributed by atoms with Crippen LogP contribution >= 0.6 is 11.3 Å². The lowest BCUT2D eigenvalue weighted by Gasteiger charge is -2.05. The van der Waals surface area contributed by atoms with Gasteiger partial charge in [0.2, 0.25) is 5.78 Å². The molecule has 4 nitrogen and oxygen atoms in total. The first-order valence-electron chi connectivity index (χ1n) is 6.60. The van der Waals surface area contributed by atoms with Gasteiger partial charge in [0.1, 0.15) is 5.75 Å². The van der Waals surface area contributed by atoms with Crippen molar-refractivity contribution >= 4 is 23.1 Å². The molecule has 0 aliphatic carbocycles. The second-order valence-electron chi connectivity index (χ2n) is 4.62. The first kappa shape index (κ1) is 15.3. The average molecular weight is 304 g/mol. The van der Waals surface area contributed by atoms with E-state index < -0.39 is 5.97 Å². The number of hydrogen-bond donors (Lipinski definition) is 1. The molecule has 0 saturated carbocycles. The Hall–Kier alpha value is -2.14. The summed E-state index contributed by atoms with van der Waals surface area (Å²) < 4.78 is 4.99. The third kappa shape index (κ3) is 3.70. The fourth-order valence-electron chi connectivity index (χ4n) is 1.74. The Kier molecular flexibility index (Phi) is 4.75. The number of aryl methyl sites for hydroxylation is 2. The summed E-state index contributed by atoms with van der Waals surface area (Å²) in [6.07, 6.45) is 0.875. The van der Waals surface area contributed by atoms with E-state index in [-0.39, 0.29) is 23.7 Å². The molecular formula is C16H16O4S. The Bertz CT molecular complexity index is 673. The third-order valence-corrected chi connectivity index (χ3v) is 4.33. The second-order valence-corrected chi connectivity index (χ2v) is 5.79. The van der Waals surface area contributed by atoms with Crippen molar-refractivity contribution in [3.8, 4) is 5.75 Å². The third-order valence-electron chi connectivity index (χ3n) is 3.06. The summed E-state index contributed by atoms with van der Waals surface area (Å²) in [4.78, 5) is 25.4. The highest BCUT2D eigenvalue weighted by atomic mass is 32.1. The monoisotopic (exact) mass is 304 g/mol. The quantitative estimate of drug-likeness (QED) is 0.679. The highest BCUT2D eigenvalue weighted by Gasteiger charge is 2.14. The van der Waals surface area contributed by atoms with Gasteiger partial charge in [-0.25, -0.2) is 4.79 Å². The summed E-state index contributed by atoms with van der Waals surface area (Å²) in [5.74, 6) is -0.808. The zero-order valence-electron chi connectivity index (χ0n) is 11.9. The fraction of sp³-hybridized carbons (Fsp3) is 0.250. The van der Waals surface area contributed by atoms with E-state index in [0.29, 0.717) is 10.4 Å². The van der Waals surface area contributed by atoms with Crippen molar-refractivity contribution in [3.05, 3.63) is 51.2 Å².